The Kier molecular flexibility index (Phi) is 6.36. The molecule has 0 amide bonds. The van der Waals surface area contributed by atoms with Crippen LogP contribution in [0.2, 0.25) is 0 Å². The highest BCUT2D eigenvalue weighted by Gasteiger charge is 2.01. The standard InChI is InChI=1S/C11H19N3S/c1-3-15-7-4-10(2)14-9-11-8-12-5-6-13-11/h5-6,8,10,14H,3-4,7,9H2,1-2H3. The van der Waals surface area contributed by atoms with Crippen molar-refractivity contribution in [2.75, 3.05) is 11.5 Å². The summed E-state index contributed by atoms with van der Waals surface area (Å²) in [7, 11) is 0. The van der Waals surface area contributed by atoms with E-state index in [1.807, 2.05) is 11.8 Å². The van der Waals surface area contributed by atoms with Crippen LogP contribution in [0.3, 0.4) is 0 Å². The third-order valence-corrected chi connectivity index (χ3v) is 3.08. The molecule has 0 bridgehead atoms. The van der Waals surface area contributed by atoms with Gasteiger partial charge in [-0.3, -0.25) is 9.97 Å². The molecule has 1 unspecified atom stereocenters. The maximum absolute atomic E-state index is 4.22. The number of aromatic nitrogens is 2. The van der Waals surface area contributed by atoms with E-state index in [9.17, 15) is 0 Å². The first-order valence-electron chi connectivity index (χ1n) is 5.39. The summed E-state index contributed by atoms with van der Waals surface area (Å²) in [5.74, 6) is 2.43. The molecular formula is C11H19N3S. The largest absolute Gasteiger partial charge is 0.309 e. The van der Waals surface area contributed by atoms with Gasteiger partial charge in [-0.05, 0) is 24.9 Å². The van der Waals surface area contributed by atoms with Crippen LogP contribution in [0.1, 0.15) is 26.0 Å². The average Bonchev–Trinajstić information content (AvgIpc) is 2.28. The molecule has 1 aromatic rings. The van der Waals surface area contributed by atoms with Crippen molar-refractivity contribution < 1.29 is 0 Å². The van der Waals surface area contributed by atoms with Crippen molar-refractivity contribution in [1.82, 2.24) is 15.3 Å². The van der Waals surface area contributed by atoms with Gasteiger partial charge in [-0.2, -0.15) is 11.8 Å². The van der Waals surface area contributed by atoms with Gasteiger partial charge in [-0.15, -0.1) is 0 Å². The molecular weight excluding hydrogens is 206 g/mol. The lowest BCUT2D eigenvalue weighted by Gasteiger charge is -2.12. The summed E-state index contributed by atoms with van der Waals surface area (Å²) in [6, 6.07) is 0.547. The molecule has 1 rings (SSSR count). The van der Waals surface area contributed by atoms with Crippen LogP contribution >= 0.6 is 11.8 Å². The number of nitrogens with one attached hydrogen (secondary N) is 1. The second-order valence-corrected chi connectivity index (χ2v) is 4.86. The number of nitrogens with zero attached hydrogens (tertiary/aromatic N) is 2. The Morgan fingerprint density at radius 1 is 1.47 bits per heavy atom. The van der Waals surface area contributed by atoms with Gasteiger partial charge in [0.1, 0.15) is 0 Å². The van der Waals surface area contributed by atoms with Gasteiger partial charge >= 0.3 is 0 Å². The topological polar surface area (TPSA) is 37.8 Å². The summed E-state index contributed by atoms with van der Waals surface area (Å²) < 4.78 is 0. The highest BCUT2D eigenvalue weighted by molar-refractivity contribution is 7.99. The van der Waals surface area contributed by atoms with Crippen LogP contribution in [0, 0.1) is 0 Å². The van der Waals surface area contributed by atoms with Gasteiger partial charge in [-0.25, -0.2) is 0 Å². The van der Waals surface area contributed by atoms with Crippen molar-refractivity contribution in [2.45, 2.75) is 32.9 Å². The Morgan fingerprint density at radius 2 is 2.33 bits per heavy atom. The first-order chi connectivity index (χ1) is 7.33. The van der Waals surface area contributed by atoms with Gasteiger partial charge in [0.25, 0.3) is 0 Å². The fourth-order valence-electron chi connectivity index (χ4n) is 1.21. The summed E-state index contributed by atoms with van der Waals surface area (Å²) in [6.45, 7) is 5.22. The van der Waals surface area contributed by atoms with E-state index in [1.54, 1.807) is 18.6 Å². The minimum absolute atomic E-state index is 0.547. The molecule has 0 spiro atoms. The third kappa shape index (κ3) is 5.74. The summed E-state index contributed by atoms with van der Waals surface area (Å²) in [5, 5.41) is 3.44. The van der Waals surface area contributed by atoms with E-state index in [4.69, 9.17) is 0 Å². The lowest BCUT2D eigenvalue weighted by molar-refractivity contribution is 0.531. The van der Waals surface area contributed by atoms with E-state index in [0.717, 1.165) is 12.2 Å². The van der Waals surface area contributed by atoms with Gasteiger partial charge in [0.05, 0.1) is 5.69 Å². The number of hydrogen-bond acceptors (Lipinski definition) is 4. The van der Waals surface area contributed by atoms with E-state index in [-0.39, 0.29) is 0 Å². The number of thioether (sulfide) groups is 1. The molecule has 1 N–H and O–H groups in total. The van der Waals surface area contributed by atoms with Crippen LogP contribution in [0.15, 0.2) is 18.6 Å². The first kappa shape index (κ1) is 12.5. The Hall–Kier alpha value is -0.610. The molecule has 0 aromatic carbocycles. The van der Waals surface area contributed by atoms with Crippen molar-refractivity contribution in [2.24, 2.45) is 0 Å². The maximum atomic E-state index is 4.22. The molecule has 0 saturated carbocycles. The van der Waals surface area contributed by atoms with Crippen LogP contribution in [0.4, 0.5) is 0 Å². The van der Waals surface area contributed by atoms with Crippen molar-refractivity contribution in [3.8, 4) is 0 Å². The Balaban J connectivity index is 2.14. The van der Waals surface area contributed by atoms with Gasteiger partial charge in [0.15, 0.2) is 0 Å². The van der Waals surface area contributed by atoms with Crippen molar-refractivity contribution in [3.05, 3.63) is 24.3 Å². The van der Waals surface area contributed by atoms with E-state index in [1.165, 1.54) is 17.9 Å². The quantitative estimate of drug-likeness (QED) is 0.721. The fraction of sp³-hybridized carbons (Fsp3) is 0.636. The predicted molar refractivity (Wildman–Crippen MR) is 65.9 cm³/mol. The van der Waals surface area contributed by atoms with Crippen LogP contribution in [0.25, 0.3) is 0 Å². The van der Waals surface area contributed by atoms with Crippen LogP contribution < -0.4 is 5.32 Å². The summed E-state index contributed by atoms with van der Waals surface area (Å²) >= 11 is 1.99. The molecule has 1 aromatic heterocycles. The predicted octanol–water partition coefficient (Wildman–Crippen LogP) is 2.10. The minimum Gasteiger partial charge on any atom is -0.309 e. The summed E-state index contributed by atoms with van der Waals surface area (Å²) in [5.41, 5.74) is 1.01. The Morgan fingerprint density at radius 3 is 3.00 bits per heavy atom. The zero-order chi connectivity index (χ0) is 10.9. The van der Waals surface area contributed by atoms with Crippen LogP contribution in [0.5, 0.6) is 0 Å². The highest BCUT2D eigenvalue weighted by atomic mass is 32.2. The van der Waals surface area contributed by atoms with Crippen molar-refractivity contribution in [3.63, 3.8) is 0 Å². The Labute approximate surface area is 96.1 Å². The third-order valence-electron chi connectivity index (χ3n) is 2.15. The lowest BCUT2D eigenvalue weighted by Crippen LogP contribution is -2.26. The molecule has 1 atom stereocenters. The molecule has 0 saturated heterocycles. The van der Waals surface area contributed by atoms with Crippen molar-refractivity contribution in [1.29, 1.82) is 0 Å². The number of rotatable bonds is 7. The molecule has 0 aliphatic heterocycles. The van der Waals surface area contributed by atoms with E-state index >= 15 is 0 Å². The molecule has 15 heavy (non-hydrogen) atoms. The second-order valence-electron chi connectivity index (χ2n) is 3.46. The van der Waals surface area contributed by atoms with E-state index < -0.39 is 0 Å². The lowest BCUT2D eigenvalue weighted by atomic mass is 10.2. The second kappa shape index (κ2) is 7.65. The van der Waals surface area contributed by atoms with E-state index in [2.05, 4.69) is 29.1 Å². The number of hydrogen-bond donors (Lipinski definition) is 1. The molecule has 4 heteroatoms. The molecule has 3 nitrogen and oxygen atoms in total. The fourth-order valence-corrected chi connectivity index (χ4v) is 2.02. The SMILES string of the molecule is CCSCCC(C)NCc1cnccn1. The Bertz CT molecular complexity index is 253. The maximum Gasteiger partial charge on any atom is 0.0724 e. The zero-order valence-electron chi connectivity index (χ0n) is 9.44. The van der Waals surface area contributed by atoms with Crippen LogP contribution in [-0.2, 0) is 6.54 Å². The van der Waals surface area contributed by atoms with Gasteiger partial charge in [-0.1, -0.05) is 6.92 Å². The smallest absolute Gasteiger partial charge is 0.0724 e. The minimum atomic E-state index is 0.547. The normalized spacial score (nSPS) is 12.7. The van der Waals surface area contributed by atoms with E-state index in [0.29, 0.717) is 6.04 Å². The van der Waals surface area contributed by atoms with Crippen LogP contribution in [-0.4, -0.2) is 27.5 Å². The highest BCUT2D eigenvalue weighted by Crippen LogP contribution is 2.04. The summed E-state index contributed by atoms with van der Waals surface area (Å²) in [4.78, 5) is 8.25. The molecule has 0 aliphatic rings. The summed E-state index contributed by atoms with van der Waals surface area (Å²) in [6.07, 6.45) is 6.44. The molecule has 1 heterocycles. The van der Waals surface area contributed by atoms with Gasteiger partial charge in [0, 0.05) is 31.2 Å². The van der Waals surface area contributed by atoms with Crippen molar-refractivity contribution >= 4 is 11.8 Å². The first-order valence-corrected chi connectivity index (χ1v) is 6.54. The monoisotopic (exact) mass is 225 g/mol. The molecule has 84 valence electrons. The zero-order valence-corrected chi connectivity index (χ0v) is 10.3. The van der Waals surface area contributed by atoms with Gasteiger partial charge < -0.3 is 5.32 Å². The molecule has 0 fully saturated rings. The molecule has 0 radical (unpaired) electrons. The average molecular weight is 225 g/mol. The van der Waals surface area contributed by atoms with Gasteiger partial charge in [0.2, 0.25) is 0 Å². The molecule has 0 aliphatic carbocycles.